The minimum atomic E-state index is 0.692. The molecule has 0 spiro atoms. The van der Waals surface area contributed by atoms with Crippen molar-refractivity contribution in [2.75, 3.05) is 0 Å². The molecule has 3 nitrogen and oxygen atoms in total. The predicted molar refractivity (Wildman–Crippen MR) is 296 cm³/mol. The first kappa shape index (κ1) is 41.7. The van der Waals surface area contributed by atoms with Gasteiger partial charge in [0, 0.05) is 27.5 Å². The van der Waals surface area contributed by atoms with Gasteiger partial charge in [0.05, 0.1) is 11.4 Å². The molecule has 0 unspecified atom stereocenters. The topological polar surface area (TPSA) is 38.9 Å². The Bertz CT molecular complexity index is 4050. The standard InChI is InChI=1S/C68H44N2O/c1-5-16-45(17-6-1)47-30-34-51(35-31-47)62-44-63(70-68(69-62)53-23-11-4-12-24-53)56-26-15-25-54(40-56)48-28-32-50(33-29-48)59-42-57(46-18-7-2-8-19-46)43-60(66(59)52-21-9-3-10-22-52)55-37-38-64-61(41-55)67-58-27-14-13-20-49(58)36-39-65(67)71-64/h1-44H. The maximum atomic E-state index is 6.49. The highest BCUT2D eigenvalue weighted by Gasteiger charge is 2.20. The van der Waals surface area contributed by atoms with Crippen molar-refractivity contribution < 1.29 is 4.42 Å². The summed E-state index contributed by atoms with van der Waals surface area (Å²) in [6, 6.07) is 95.0. The lowest BCUT2D eigenvalue weighted by atomic mass is 9.84. The SMILES string of the molecule is c1ccc(-c2ccc(-c3cc(-c4cccc(-c5ccc(-c6cc(-c7ccccc7)cc(-c7ccc8oc9ccc%10ccccc%10c9c8c7)c6-c6ccccc6)cc5)c4)nc(-c4ccccc4)n3)cc2)cc1. The molecule has 2 aromatic heterocycles. The van der Waals surface area contributed by atoms with Crippen molar-refractivity contribution in [3.63, 3.8) is 0 Å². The van der Waals surface area contributed by atoms with Crippen molar-refractivity contribution in [2.45, 2.75) is 0 Å². The molecule has 0 amide bonds. The molecule has 0 aliphatic carbocycles. The fourth-order valence-corrected chi connectivity index (χ4v) is 10.1. The summed E-state index contributed by atoms with van der Waals surface area (Å²) in [4.78, 5) is 10.3. The van der Waals surface area contributed by atoms with Crippen molar-refractivity contribution >= 4 is 32.7 Å². The molecule has 332 valence electrons. The van der Waals surface area contributed by atoms with E-state index in [-0.39, 0.29) is 0 Å². The number of aromatic nitrogens is 2. The van der Waals surface area contributed by atoms with E-state index in [0.29, 0.717) is 5.82 Å². The molecule has 0 saturated carbocycles. The van der Waals surface area contributed by atoms with Gasteiger partial charge in [0.25, 0.3) is 0 Å². The number of hydrogen-bond donors (Lipinski definition) is 0. The van der Waals surface area contributed by atoms with Crippen LogP contribution >= 0.6 is 0 Å². The van der Waals surface area contributed by atoms with Gasteiger partial charge in [-0.1, -0.05) is 224 Å². The van der Waals surface area contributed by atoms with Crippen LogP contribution in [-0.4, -0.2) is 9.97 Å². The normalized spacial score (nSPS) is 11.4. The van der Waals surface area contributed by atoms with Crippen LogP contribution < -0.4 is 0 Å². The summed E-state index contributed by atoms with van der Waals surface area (Å²) in [7, 11) is 0. The molecule has 0 N–H and O–H groups in total. The highest BCUT2D eigenvalue weighted by atomic mass is 16.3. The third-order valence-corrected chi connectivity index (χ3v) is 13.7. The van der Waals surface area contributed by atoms with E-state index < -0.39 is 0 Å². The lowest BCUT2D eigenvalue weighted by Gasteiger charge is -2.19. The van der Waals surface area contributed by atoms with Crippen LogP contribution in [0.2, 0.25) is 0 Å². The smallest absolute Gasteiger partial charge is 0.160 e. The van der Waals surface area contributed by atoms with Gasteiger partial charge < -0.3 is 4.42 Å². The van der Waals surface area contributed by atoms with Gasteiger partial charge in [-0.15, -0.1) is 0 Å². The van der Waals surface area contributed by atoms with E-state index in [2.05, 4.69) is 243 Å². The summed E-state index contributed by atoms with van der Waals surface area (Å²) in [5.74, 6) is 0.692. The van der Waals surface area contributed by atoms with Crippen LogP contribution in [0.25, 0.3) is 133 Å². The molecule has 0 radical (unpaired) electrons. The van der Waals surface area contributed by atoms with E-state index in [4.69, 9.17) is 14.4 Å². The third-order valence-electron chi connectivity index (χ3n) is 13.7. The second-order valence-corrected chi connectivity index (χ2v) is 18.1. The molecule has 13 rings (SSSR count). The lowest BCUT2D eigenvalue weighted by Crippen LogP contribution is -1.96. The average molecular weight is 905 g/mol. The van der Waals surface area contributed by atoms with Crippen molar-refractivity contribution in [1.82, 2.24) is 9.97 Å². The largest absolute Gasteiger partial charge is 0.456 e. The van der Waals surface area contributed by atoms with Gasteiger partial charge in [0.1, 0.15) is 11.2 Å². The molecule has 0 fully saturated rings. The van der Waals surface area contributed by atoms with Crippen LogP contribution in [0.1, 0.15) is 0 Å². The monoisotopic (exact) mass is 904 g/mol. The van der Waals surface area contributed by atoms with E-state index in [9.17, 15) is 0 Å². The van der Waals surface area contributed by atoms with E-state index in [1.165, 1.54) is 27.5 Å². The molecule has 11 aromatic carbocycles. The lowest BCUT2D eigenvalue weighted by molar-refractivity contribution is 0.669. The number of hydrogen-bond acceptors (Lipinski definition) is 3. The Morgan fingerprint density at radius 3 is 1.42 bits per heavy atom. The molecule has 71 heavy (non-hydrogen) atoms. The molecular weight excluding hydrogens is 861 g/mol. The maximum absolute atomic E-state index is 6.49. The number of furan rings is 1. The molecule has 13 aromatic rings. The first-order valence-corrected chi connectivity index (χ1v) is 24.1. The van der Waals surface area contributed by atoms with Gasteiger partial charge in [-0.3, -0.25) is 0 Å². The zero-order valence-corrected chi connectivity index (χ0v) is 38.7. The molecule has 3 heteroatoms. The molecule has 2 heterocycles. The Morgan fingerprint density at radius 2 is 0.732 bits per heavy atom. The summed E-state index contributed by atoms with van der Waals surface area (Å²) in [6.45, 7) is 0. The van der Waals surface area contributed by atoms with Crippen molar-refractivity contribution in [3.05, 3.63) is 267 Å². The summed E-state index contributed by atoms with van der Waals surface area (Å²) in [5, 5.41) is 4.64. The molecule has 0 aliphatic rings. The summed E-state index contributed by atoms with van der Waals surface area (Å²) >= 11 is 0. The fraction of sp³-hybridized carbons (Fsp3) is 0. The quantitative estimate of drug-likeness (QED) is 0.145. The van der Waals surface area contributed by atoms with Crippen molar-refractivity contribution in [3.8, 4) is 101 Å². The van der Waals surface area contributed by atoms with Gasteiger partial charge in [0.15, 0.2) is 5.82 Å². The van der Waals surface area contributed by atoms with Gasteiger partial charge in [-0.25, -0.2) is 9.97 Å². The van der Waals surface area contributed by atoms with Gasteiger partial charge in [-0.05, 0) is 120 Å². The van der Waals surface area contributed by atoms with Crippen LogP contribution in [-0.2, 0) is 0 Å². The molecular formula is C68H44N2O. The van der Waals surface area contributed by atoms with E-state index in [1.807, 2.05) is 24.3 Å². The van der Waals surface area contributed by atoms with Gasteiger partial charge in [0.2, 0.25) is 0 Å². The fourth-order valence-electron chi connectivity index (χ4n) is 10.1. The number of rotatable bonds is 9. The van der Waals surface area contributed by atoms with Crippen molar-refractivity contribution in [2.24, 2.45) is 0 Å². The van der Waals surface area contributed by atoms with Crippen LogP contribution in [0.15, 0.2) is 271 Å². The highest BCUT2D eigenvalue weighted by Crippen LogP contribution is 2.46. The summed E-state index contributed by atoms with van der Waals surface area (Å²) in [5.41, 5.74) is 20.4. The van der Waals surface area contributed by atoms with E-state index >= 15 is 0 Å². The highest BCUT2D eigenvalue weighted by molar-refractivity contribution is 6.19. The maximum Gasteiger partial charge on any atom is 0.160 e. The molecule has 0 atom stereocenters. The molecule has 0 aliphatic heterocycles. The minimum Gasteiger partial charge on any atom is -0.456 e. The second-order valence-electron chi connectivity index (χ2n) is 18.1. The third kappa shape index (κ3) is 7.96. The molecule has 0 saturated heterocycles. The zero-order valence-electron chi connectivity index (χ0n) is 38.7. The minimum absolute atomic E-state index is 0.692. The van der Waals surface area contributed by atoms with Crippen LogP contribution in [0.4, 0.5) is 0 Å². The summed E-state index contributed by atoms with van der Waals surface area (Å²) in [6.07, 6.45) is 0. The second kappa shape index (κ2) is 17.9. The average Bonchev–Trinajstić information content (AvgIpc) is 3.84. The predicted octanol–water partition coefficient (Wildman–Crippen LogP) is 18.5. The Hall–Kier alpha value is -9.44. The van der Waals surface area contributed by atoms with E-state index in [1.54, 1.807) is 0 Å². The Balaban J connectivity index is 0.920. The number of benzene rings is 11. The van der Waals surface area contributed by atoms with Crippen LogP contribution in [0, 0.1) is 0 Å². The summed E-state index contributed by atoms with van der Waals surface area (Å²) < 4.78 is 6.49. The van der Waals surface area contributed by atoms with E-state index in [0.717, 1.165) is 100 Å². The zero-order chi connectivity index (χ0) is 47.1. The number of fused-ring (bicyclic) bond motifs is 5. The Morgan fingerprint density at radius 1 is 0.254 bits per heavy atom. The van der Waals surface area contributed by atoms with Crippen molar-refractivity contribution in [1.29, 1.82) is 0 Å². The molecule has 0 bridgehead atoms. The number of nitrogens with zero attached hydrogens (tertiary/aromatic N) is 2. The first-order valence-electron chi connectivity index (χ1n) is 24.1. The van der Waals surface area contributed by atoms with Gasteiger partial charge >= 0.3 is 0 Å². The Labute approximate surface area is 412 Å². The Kier molecular flexibility index (Phi) is 10.5. The van der Waals surface area contributed by atoms with Crippen LogP contribution in [0.5, 0.6) is 0 Å². The van der Waals surface area contributed by atoms with Crippen LogP contribution in [0.3, 0.4) is 0 Å². The first-order chi connectivity index (χ1) is 35.2. The van der Waals surface area contributed by atoms with Gasteiger partial charge in [-0.2, -0.15) is 0 Å².